The highest BCUT2D eigenvalue weighted by Crippen LogP contribution is 2.28. The van der Waals surface area contributed by atoms with Crippen LogP contribution in [0.15, 0.2) is 36.4 Å². The molecule has 2 aliphatic rings. The Balaban J connectivity index is 0.00000225. The number of anilines is 1. The van der Waals surface area contributed by atoms with Crippen molar-refractivity contribution in [2.45, 2.75) is 51.2 Å². The molecule has 0 spiro atoms. The second kappa shape index (κ2) is 9.39. The number of fused-ring (bicyclic) bond motifs is 1. The third kappa shape index (κ3) is 4.47. The van der Waals surface area contributed by atoms with Crippen molar-refractivity contribution in [1.82, 2.24) is 5.32 Å². The standard InChI is InChI=1S/C22H25FN2O2.ClH/c23-21-17-12-13-24-14-15(17)10-11-19(21)25-22(26)18-8-4-5-9-20(18)27-16-6-2-1-3-7-16;/h4-5,8-11,16,24H,1-3,6-7,12-14H2,(H,25,26);1H. The Labute approximate surface area is 171 Å². The molecule has 0 bridgehead atoms. The highest BCUT2D eigenvalue weighted by Gasteiger charge is 2.21. The summed E-state index contributed by atoms with van der Waals surface area (Å²) < 4.78 is 20.9. The van der Waals surface area contributed by atoms with Gasteiger partial charge in [-0.2, -0.15) is 0 Å². The van der Waals surface area contributed by atoms with Crippen molar-refractivity contribution in [2.24, 2.45) is 0 Å². The summed E-state index contributed by atoms with van der Waals surface area (Å²) >= 11 is 0. The van der Waals surface area contributed by atoms with Gasteiger partial charge in [-0.15, -0.1) is 12.4 Å². The molecule has 6 heteroatoms. The van der Waals surface area contributed by atoms with Crippen molar-refractivity contribution in [3.63, 3.8) is 0 Å². The minimum absolute atomic E-state index is 0. The molecule has 4 rings (SSSR count). The maximum absolute atomic E-state index is 14.8. The van der Waals surface area contributed by atoms with Crippen LogP contribution in [0.4, 0.5) is 10.1 Å². The summed E-state index contributed by atoms with van der Waals surface area (Å²) in [6.45, 7) is 1.41. The van der Waals surface area contributed by atoms with Crippen molar-refractivity contribution in [2.75, 3.05) is 11.9 Å². The van der Waals surface area contributed by atoms with E-state index in [2.05, 4.69) is 10.6 Å². The predicted octanol–water partition coefficient (Wildman–Crippen LogP) is 4.86. The number of halogens is 2. The van der Waals surface area contributed by atoms with Crippen LogP contribution in [-0.2, 0) is 13.0 Å². The van der Waals surface area contributed by atoms with Gasteiger partial charge in [0, 0.05) is 6.54 Å². The van der Waals surface area contributed by atoms with E-state index in [9.17, 15) is 9.18 Å². The highest BCUT2D eigenvalue weighted by molar-refractivity contribution is 6.06. The van der Waals surface area contributed by atoms with Gasteiger partial charge in [-0.25, -0.2) is 4.39 Å². The van der Waals surface area contributed by atoms with Gasteiger partial charge < -0.3 is 15.4 Å². The number of carbonyl (C=O) groups is 1. The van der Waals surface area contributed by atoms with E-state index in [1.807, 2.05) is 18.2 Å². The van der Waals surface area contributed by atoms with Crippen LogP contribution in [0.25, 0.3) is 0 Å². The Morgan fingerprint density at radius 2 is 1.89 bits per heavy atom. The summed E-state index contributed by atoms with van der Waals surface area (Å²) in [5.41, 5.74) is 2.33. The Morgan fingerprint density at radius 1 is 1.11 bits per heavy atom. The summed E-state index contributed by atoms with van der Waals surface area (Å²) in [7, 11) is 0. The molecular formula is C22H26ClFN2O2. The number of para-hydroxylation sites is 1. The van der Waals surface area contributed by atoms with Gasteiger partial charge in [0.15, 0.2) is 0 Å². The van der Waals surface area contributed by atoms with Crippen LogP contribution in [0.5, 0.6) is 5.75 Å². The van der Waals surface area contributed by atoms with Gasteiger partial charge in [-0.3, -0.25) is 4.79 Å². The Hall–Kier alpha value is -2.11. The number of amides is 1. The SMILES string of the molecule is Cl.O=C(Nc1ccc2c(c1F)CCNC2)c1ccccc1OC1CCCCC1. The number of benzene rings is 2. The number of nitrogens with one attached hydrogen (secondary N) is 2. The molecule has 4 nitrogen and oxygen atoms in total. The van der Waals surface area contributed by atoms with Crippen LogP contribution in [0.2, 0.25) is 0 Å². The second-order valence-corrected chi connectivity index (χ2v) is 7.32. The smallest absolute Gasteiger partial charge is 0.259 e. The molecule has 1 heterocycles. The highest BCUT2D eigenvalue weighted by atomic mass is 35.5. The second-order valence-electron chi connectivity index (χ2n) is 7.32. The molecule has 28 heavy (non-hydrogen) atoms. The Kier molecular flexibility index (Phi) is 6.92. The first-order valence-electron chi connectivity index (χ1n) is 9.80. The average molecular weight is 405 g/mol. The molecule has 2 aromatic carbocycles. The normalized spacial score (nSPS) is 16.6. The van der Waals surface area contributed by atoms with E-state index in [0.717, 1.165) is 37.8 Å². The molecule has 1 aliphatic heterocycles. The summed E-state index contributed by atoms with van der Waals surface area (Å²) in [6, 6.07) is 10.7. The van der Waals surface area contributed by atoms with Crippen LogP contribution >= 0.6 is 12.4 Å². The molecule has 0 unspecified atom stereocenters. The quantitative estimate of drug-likeness (QED) is 0.765. The van der Waals surface area contributed by atoms with Crippen LogP contribution in [0.1, 0.15) is 53.6 Å². The zero-order chi connectivity index (χ0) is 18.6. The predicted molar refractivity (Wildman–Crippen MR) is 111 cm³/mol. The molecule has 1 aliphatic carbocycles. The lowest BCUT2D eigenvalue weighted by Gasteiger charge is -2.24. The van der Waals surface area contributed by atoms with Gasteiger partial charge in [-0.05, 0) is 68.0 Å². The van der Waals surface area contributed by atoms with Crippen LogP contribution < -0.4 is 15.4 Å². The fourth-order valence-electron chi connectivity index (χ4n) is 3.94. The van der Waals surface area contributed by atoms with Gasteiger partial charge >= 0.3 is 0 Å². The first-order valence-corrected chi connectivity index (χ1v) is 9.80. The van der Waals surface area contributed by atoms with Gasteiger partial charge in [0.2, 0.25) is 0 Å². The number of hydrogen-bond acceptors (Lipinski definition) is 3. The third-order valence-corrected chi connectivity index (χ3v) is 5.43. The van der Waals surface area contributed by atoms with E-state index >= 15 is 0 Å². The summed E-state index contributed by atoms with van der Waals surface area (Å²) in [5.74, 6) is -0.0910. The van der Waals surface area contributed by atoms with Crippen LogP contribution in [-0.4, -0.2) is 18.6 Å². The lowest BCUT2D eigenvalue weighted by molar-refractivity contribution is 0.101. The fraction of sp³-hybridized carbons (Fsp3) is 0.409. The number of carbonyl (C=O) groups excluding carboxylic acids is 1. The minimum atomic E-state index is -0.339. The Bertz CT molecular complexity index is 837. The zero-order valence-electron chi connectivity index (χ0n) is 15.8. The molecule has 1 fully saturated rings. The van der Waals surface area contributed by atoms with Crippen molar-refractivity contribution in [3.8, 4) is 5.75 Å². The number of ether oxygens (including phenoxy) is 1. The lowest BCUT2D eigenvalue weighted by atomic mass is 9.97. The van der Waals surface area contributed by atoms with E-state index in [1.54, 1.807) is 18.2 Å². The van der Waals surface area contributed by atoms with Gasteiger partial charge in [0.1, 0.15) is 11.6 Å². The van der Waals surface area contributed by atoms with Gasteiger partial charge in [-0.1, -0.05) is 24.6 Å². The zero-order valence-corrected chi connectivity index (χ0v) is 16.6. The van der Waals surface area contributed by atoms with E-state index in [4.69, 9.17) is 4.74 Å². The van der Waals surface area contributed by atoms with E-state index < -0.39 is 0 Å². The molecule has 2 N–H and O–H groups in total. The summed E-state index contributed by atoms with van der Waals surface area (Å²) in [4.78, 5) is 12.8. The Morgan fingerprint density at radius 3 is 2.71 bits per heavy atom. The first-order chi connectivity index (χ1) is 13.2. The monoisotopic (exact) mass is 404 g/mol. The summed E-state index contributed by atoms with van der Waals surface area (Å²) in [5, 5.41) is 5.97. The maximum Gasteiger partial charge on any atom is 0.259 e. The van der Waals surface area contributed by atoms with Crippen molar-refractivity contribution < 1.29 is 13.9 Å². The topological polar surface area (TPSA) is 50.4 Å². The molecule has 0 saturated heterocycles. The van der Waals surface area contributed by atoms with Gasteiger partial charge in [0.05, 0.1) is 17.4 Å². The van der Waals surface area contributed by atoms with Crippen molar-refractivity contribution in [1.29, 1.82) is 0 Å². The maximum atomic E-state index is 14.8. The molecule has 0 radical (unpaired) electrons. The molecule has 1 amide bonds. The lowest BCUT2D eigenvalue weighted by Crippen LogP contribution is -2.25. The summed E-state index contributed by atoms with van der Waals surface area (Å²) in [6.07, 6.45) is 6.39. The number of rotatable bonds is 4. The number of hydrogen-bond donors (Lipinski definition) is 2. The molecule has 1 saturated carbocycles. The fourth-order valence-corrected chi connectivity index (χ4v) is 3.94. The molecule has 2 aromatic rings. The third-order valence-electron chi connectivity index (χ3n) is 5.43. The van der Waals surface area contributed by atoms with Gasteiger partial charge in [0.25, 0.3) is 5.91 Å². The minimum Gasteiger partial charge on any atom is -0.490 e. The van der Waals surface area contributed by atoms with Crippen LogP contribution in [0, 0.1) is 5.82 Å². The van der Waals surface area contributed by atoms with Crippen molar-refractivity contribution in [3.05, 3.63) is 58.9 Å². The largest absolute Gasteiger partial charge is 0.490 e. The van der Waals surface area contributed by atoms with Crippen LogP contribution in [0.3, 0.4) is 0 Å². The van der Waals surface area contributed by atoms with Crippen molar-refractivity contribution >= 4 is 24.0 Å². The molecule has 150 valence electrons. The molecule has 0 aromatic heterocycles. The average Bonchev–Trinajstić information content (AvgIpc) is 2.71. The molecule has 0 atom stereocenters. The first kappa shape index (κ1) is 20.6. The van der Waals surface area contributed by atoms with E-state index in [-0.39, 0.29) is 35.9 Å². The van der Waals surface area contributed by atoms with E-state index in [1.165, 1.54) is 6.42 Å². The molecular weight excluding hydrogens is 379 g/mol. The van der Waals surface area contributed by atoms with E-state index in [0.29, 0.717) is 29.8 Å².